The molecule has 2 N–H and O–H groups in total. The van der Waals surface area contributed by atoms with E-state index < -0.39 is 0 Å². The smallest absolute Gasteiger partial charge is 0.315 e. The minimum Gasteiger partial charge on any atom is -0.497 e. The molecule has 1 aromatic carbocycles. The van der Waals surface area contributed by atoms with Crippen LogP contribution in [-0.4, -0.2) is 18.1 Å². The number of rotatable bonds is 6. The van der Waals surface area contributed by atoms with Gasteiger partial charge in [0.25, 0.3) is 0 Å². The zero-order valence-electron chi connectivity index (χ0n) is 13.9. The van der Waals surface area contributed by atoms with E-state index >= 15 is 0 Å². The van der Waals surface area contributed by atoms with Crippen molar-refractivity contribution in [3.05, 3.63) is 45.9 Å². The third-order valence-electron chi connectivity index (χ3n) is 3.59. The van der Waals surface area contributed by atoms with E-state index in [0.29, 0.717) is 0 Å². The first-order valence-corrected chi connectivity index (χ1v) is 8.54. The Hall–Kier alpha value is -2.08. The predicted octanol–water partition coefficient (Wildman–Crippen LogP) is 3.97. The molecule has 0 aliphatic carbocycles. The fourth-order valence-corrected chi connectivity index (χ4v) is 3.09. The molecule has 1 aromatic heterocycles. The fourth-order valence-electron chi connectivity index (χ4n) is 2.29. The molecule has 0 saturated heterocycles. The Labute approximate surface area is 141 Å². The second-order valence-corrected chi connectivity index (χ2v) is 6.29. The second-order valence-electron chi connectivity index (χ2n) is 5.40. The monoisotopic (exact) mass is 333 g/mol. The summed E-state index contributed by atoms with van der Waals surface area (Å²) in [6.07, 6.45) is 0.810. The lowest BCUT2D eigenvalue weighted by atomic mass is 10.0. The van der Waals surface area contributed by atoms with Crippen LogP contribution < -0.4 is 15.4 Å². The van der Waals surface area contributed by atoms with E-state index in [0.717, 1.165) is 28.4 Å². The molecule has 6 heteroatoms. The number of hydrogen-bond donors (Lipinski definition) is 2. The van der Waals surface area contributed by atoms with Gasteiger partial charge < -0.3 is 15.4 Å². The molecule has 124 valence electrons. The van der Waals surface area contributed by atoms with Gasteiger partial charge in [-0.05, 0) is 38.0 Å². The highest BCUT2D eigenvalue weighted by atomic mass is 32.1. The molecule has 0 bridgehead atoms. The Morgan fingerprint density at radius 3 is 2.52 bits per heavy atom. The minimum absolute atomic E-state index is 0.0360. The van der Waals surface area contributed by atoms with Crippen LogP contribution in [0.5, 0.6) is 5.75 Å². The molecule has 2 amide bonds. The Bertz CT molecular complexity index is 640. The number of urea groups is 1. The first kappa shape index (κ1) is 17.3. The van der Waals surface area contributed by atoms with Crippen LogP contribution in [0.1, 0.15) is 48.6 Å². The number of amides is 2. The number of benzene rings is 1. The van der Waals surface area contributed by atoms with Gasteiger partial charge in [0.1, 0.15) is 10.8 Å². The summed E-state index contributed by atoms with van der Waals surface area (Å²) in [5.41, 5.74) is 2.03. The van der Waals surface area contributed by atoms with E-state index in [-0.39, 0.29) is 18.1 Å². The third kappa shape index (κ3) is 4.69. The molecule has 23 heavy (non-hydrogen) atoms. The van der Waals surface area contributed by atoms with Crippen molar-refractivity contribution in [1.29, 1.82) is 0 Å². The Morgan fingerprint density at radius 1 is 1.30 bits per heavy atom. The summed E-state index contributed by atoms with van der Waals surface area (Å²) in [5, 5.41) is 8.85. The van der Waals surface area contributed by atoms with E-state index in [1.165, 1.54) is 0 Å². The molecule has 2 rings (SSSR count). The standard InChI is InChI=1S/C17H23N3O2S/c1-5-15(13-6-8-14(22-4)9-7-13)20-17(21)19-12(3)16-18-11(2)10-23-16/h6-10,12,15H,5H2,1-4H3,(H2,19,20,21). The Kier molecular flexibility index (Phi) is 5.98. The van der Waals surface area contributed by atoms with Crippen molar-refractivity contribution in [3.8, 4) is 5.75 Å². The van der Waals surface area contributed by atoms with Crippen molar-refractivity contribution in [2.45, 2.75) is 39.3 Å². The SMILES string of the molecule is CCC(NC(=O)NC(C)c1nc(C)cs1)c1ccc(OC)cc1. The summed E-state index contributed by atoms with van der Waals surface area (Å²) in [5.74, 6) is 0.806. The van der Waals surface area contributed by atoms with E-state index in [1.807, 2.05) is 50.4 Å². The van der Waals surface area contributed by atoms with Crippen LogP contribution in [0.15, 0.2) is 29.6 Å². The number of nitrogens with zero attached hydrogens (tertiary/aromatic N) is 1. The van der Waals surface area contributed by atoms with Gasteiger partial charge in [0, 0.05) is 11.1 Å². The van der Waals surface area contributed by atoms with Crippen molar-refractivity contribution in [3.63, 3.8) is 0 Å². The number of aryl methyl sites for hydroxylation is 1. The summed E-state index contributed by atoms with van der Waals surface area (Å²) in [4.78, 5) is 16.6. The summed E-state index contributed by atoms with van der Waals surface area (Å²) >= 11 is 1.56. The van der Waals surface area contributed by atoms with Crippen molar-refractivity contribution in [2.75, 3.05) is 7.11 Å². The minimum atomic E-state index is -0.187. The number of carbonyl (C=O) groups excluding carboxylic acids is 1. The number of methoxy groups -OCH3 is 1. The van der Waals surface area contributed by atoms with Crippen LogP contribution in [0.3, 0.4) is 0 Å². The Balaban J connectivity index is 1.96. The molecule has 0 spiro atoms. The molecular formula is C17H23N3O2S. The van der Waals surface area contributed by atoms with Crippen LogP contribution in [0.4, 0.5) is 4.79 Å². The van der Waals surface area contributed by atoms with Gasteiger partial charge >= 0.3 is 6.03 Å². The normalized spacial score (nSPS) is 13.2. The average Bonchev–Trinajstić information content (AvgIpc) is 2.99. The molecule has 0 aliphatic rings. The molecular weight excluding hydrogens is 310 g/mol. The van der Waals surface area contributed by atoms with Crippen molar-refractivity contribution in [2.24, 2.45) is 0 Å². The van der Waals surface area contributed by atoms with Gasteiger partial charge in [0.05, 0.1) is 19.2 Å². The van der Waals surface area contributed by atoms with Gasteiger partial charge in [-0.3, -0.25) is 0 Å². The molecule has 2 atom stereocenters. The first-order chi connectivity index (χ1) is 11.0. The van der Waals surface area contributed by atoms with Crippen molar-refractivity contribution < 1.29 is 9.53 Å². The second kappa shape index (κ2) is 7.97. The molecule has 2 aromatic rings. The number of nitrogens with one attached hydrogen (secondary N) is 2. The summed E-state index contributed by atoms with van der Waals surface area (Å²) in [6.45, 7) is 5.93. The summed E-state index contributed by atoms with van der Waals surface area (Å²) < 4.78 is 5.16. The van der Waals surface area contributed by atoms with Crippen molar-refractivity contribution >= 4 is 17.4 Å². The van der Waals surface area contributed by atoms with Crippen LogP contribution in [0, 0.1) is 6.92 Å². The molecule has 0 saturated carbocycles. The average molecular weight is 333 g/mol. The maximum absolute atomic E-state index is 12.2. The number of carbonyl (C=O) groups is 1. The van der Waals surface area contributed by atoms with E-state index in [9.17, 15) is 4.79 Å². The number of aromatic nitrogens is 1. The fraction of sp³-hybridized carbons (Fsp3) is 0.412. The molecule has 0 fully saturated rings. The van der Waals surface area contributed by atoms with Gasteiger partial charge in [-0.25, -0.2) is 9.78 Å². The lowest BCUT2D eigenvalue weighted by molar-refractivity contribution is 0.233. The highest BCUT2D eigenvalue weighted by Gasteiger charge is 2.16. The lowest BCUT2D eigenvalue weighted by Gasteiger charge is -2.20. The zero-order chi connectivity index (χ0) is 16.8. The molecule has 5 nitrogen and oxygen atoms in total. The van der Waals surface area contributed by atoms with Crippen LogP contribution in [0.25, 0.3) is 0 Å². The number of hydrogen-bond acceptors (Lipinski definition) is 4. The number of thiazole rings is 1. The summed E-state index contributed by atoms with van der Waals surface area (Å²) in [7, 11) is 1.64. The zero-order valence-corrected chi connectivity index (χ0v) is 14.7. The van der Waals surface area contributed by atoms with Gasteiger partial charge in [0.2, 0.25) is 0 Å². The van der Waals surface area contributed by atoms with Gasteiger partial charge in [-0.15, -0.1) is 11.3 Å². The highest BCUT2D eigenvalue weighted by molar-refractivity contribution is 7.09. The Morgan fingerprint density at radius 2 is 2.00 bits per heavy atom. The van der Waals surface area contributed by atoms with E-state index in [4.69, 9.17) is 4.74 Å². The summed E-state index contributed by atoms with van der Waals surface area (Å²) in [6, 6.07) is 7.42. The molecule has 1 heterocycles. The quantitative estimate of drug-likeness (QED) is 0.841. The predicted molar refractivity (Wildman–Crippen MR) is 93.0 cm³/mol. The maximum atomic E-state index is 12.2. The van der Waals surface area contributed by atoms with E-state index in [1.54, 1.807) is 18.4 Å². The van der Waals surface area contributed by atoms with Crippen LogP contribution in [-0.2, 0) is 0 Å². The highest BCUT2D eigenvalue weighted by Crippen LogP contribution is 2.21. The van der Waals surface area contributed by atoms with Gasteiger partial charge in [0.15, 0.2) is 0 Å². The molecule has 0 radical (unpaired) electrons. The third-order valence-corrected chi connectivity index (χ3v) is 4.73. The van der Waals surface area contributed by atoms with E-state index in [2.05, 4.69) is 15.6 Å². The lowest BCUT2D eigenvalue weighted by Crippen LogP contribution is -2.39. The first-order valence-electron chi connectivity index (χ1n) is 7.66. The van der Waals surface area contributed by atoms with Crippen LogP contribution >= 0.6 is 11.3 Å². The van der Waals surface area contributed by atoms with Crippen LogP contribution in [0.2, 0.25) is 0 Å². The topological polar surface area (TPSA) is 63.2 Å². The number of ether oxygens (including phenoxy) is 1. The molecule has 2 unspecified atom stereocenters. The molecule has 0 aliphatic heterocycles. The maximum Gasteiger partial charge on any atom is 0.315 e. The van der Waals surface area contributed by atoms with Crippen molar-refractivity contribution in [1.82, 2.24) is 15.6 Å². The van der Waals surface area contributed by atoms with Gasteiger partial charge in [-0.1, -0.05) is 19.1 Å². The van der Waals surface area contributed by atoms with Gasteiger partial charge in [-0.2, -0.15) is 0 Å². The largest absolute Gasteiger partial charge is 0.497 e.